The van der Waals surface area contributed by atoms with Crippen LogP contribution in [0.3, 0.4) is 0 Å². The minimum Gasteiger partial charge on any atom is -0.370 e. The van der Waals surface area contributed by atoms with E-state index in [1.54, 1.807) is 25.1 Å². The van der Waals surface area contributed by atoms with Crippen molar-refractivity contribution in [2.45, 2.75) is 25.8 Å². The van der Waals surface area contributed by atoms with Gasteiger partial charge in [0.2, 0.25) is 5.91 Å². The van der Waals surface area contributed by atoms with E-state index in [1.807, 2.05) is 17.5 Å². The summed E-state index contributed by atoms with van der Waals surface area (Å²) in [6, 6.07) is 8.39. The monoisotopic (exact) mass is 377 g/mol. The minimum atomic E-state index is -0.653. The van der Waals surface area contributed by atoms with Crippen molar-refractivity contribution in [1.82, 2.24) is 5.32 Å². The number of thiophene rings is 1. The van der Waals surface area contributed by atoms with Gasteiger partial charge in [-0.1, -0.05) is 17.7 Å². The number of hydrogen-bond acceptors (Lipinski definition) is 4. The van der Waals surface area contributed by atoms with E-state index >= 15 is 0 Å². The van der Waals surface area contributed by atoms with Crippen LogP contribution in [-0.2, 0) is 4.79 Å². The minimum absolute atomic E-state index is 0.247. The average molecular weight is 378 g/mol. The molecule has 7 heteroatoms. The van der Waals surface area contributed by atoms with E-state index < -0.39 is 6.04 Å². The molecule has 1 aromatic carbocycles. The number of nitrogens with zero attached hydrogens (tertiary/aromatic N) is 1. The van der Waals surface area contributed by atoms with Crippen molar-refractivity contribution < 1.29 is 9.59 Å². The van der Waals surface area contributed by atoms with E-state index in [-0.39, 0.29) is 11.8 Å². The molecular weight excluding hydrogens is 358 g/mol. The number of carbonyl (C=O) groups excluding carboxylic acids is 2. The topological polar surface area (TPSA) is 61.4 Å². The van der Waals surface area contributed by atoms with Crippen molar-refractivity contribution in [2.75, 3.05) is 23.3 Å². The highest BCUT2D eigenvalue weighted by Gasteiger charge is 2.21. The van der Waals surface area contributed by atoms with Crippen LogP contribution < -0.4 is 15.5 Å². The number of carbonyl (C=O) groups is 2. The molecule has 1 aliphatic heterocycles. The van der Waals surface area contributed by atoms with Crippen molar-refractivity contribution >= 4 is 46.1 Å². The summed E-state index contributed by atoms with van der Waals surface area (Å²) in [6.07, 6.45) is 2.28. The van der Waals surface area contributed by atoms with E-state index in [0.717, 1.165) is 31.6 Å². The molecule has 1 aliphatic rings. The van der Waals surface area contributed by atoms with Crippen molar-refractivity contribution in [3.05, 3.63) is 45.6 Å². The smallest absolute Gasteiger partial charge is 0.261 e. The molecule has 0 spiro atoms. The first kappa shape index (κ1) is 17.8. The van der Waals surface area contributed by atoms with Gasteiger partial charge in [-0.2, -0.15) is 0 Å². The summed E-state index contributed by atoms with van der Waals surface area (Å²) in [5.74, 6) is -0.517. The number of rotatable bonds is 5. The Balaban J connectivity index is 1.69. The van der Waals surface area contributed by atoms with Crippen LogP contribution in [-0.4, -0.2) is 30.9 Å². The molecule has 132 valence electrons. The molecule has 0 aliphatic carbocycles. The average Bonchev–Trinajstić information content (AvgIpc) is 3.28. The molecule has 0 bridgehead atoms. The lowest BCUT2D eigenvalue weighted by atomic mass is 10.2. The molecule has 0 radical (unpaired) electrons. The summed E-state index contributed by atoms with van der Waals surface area (Å²) >= 11 is 7.44. The first-order chi connectivity index (χ1) is 12.0. The lowest BCUT2D eigenvalue weighted by molar-refractivity contribution is -0.117. The van der Waals surface area contributed by atoms with Crippen molar-refractivity contribution in [1.29, 1.82) is 0 Å². The predicted octanol–water partition coefficient (Wildman–Crippen LogP) is 3.76. The van der Waals surface area contributed by atoms with Gasteiger partial charge in [-0.05, 0) is 49.4 Å². The highest BCUT2D eigenvalue weighted by atomic mass is 35.5. The van der Waals surface area contributed by atoms with E-state index in [9.17, 15) is 9.59 Å². The van der Waals surface area contributed by atoms with Crippen LogP contribution in [0.5, 0.6) is 0 Å². The Kier molecular flexibility index (Phi) is 5.60. The lowest BCUT2D eigenvalue weighted by Crippen LogP contribution is -2.41. The summed E-state index contributed by atoms with van der Waals surface area (Å²) in [6.45, 7) is 3.60. The number of halogens is 1. The number of hydrogen-bond donors (Lipinski definition) is 2. The van der Waals surface area contributed by atoms with E-state index in [2.05, 4.69) is 15.5 Å². The van der Waals surface area contributed by atoms with Gasteiger partial charge >= 0.3 is 0 Å². The maximum atomic E-state index is 12.5. The number of nitrogens with one attached hydrogen (secondary N) is 2. The Hall–Kier alpha value is -2.05. The van der Waals surface area contributed by atoms with Crippen LogP contribution in [0.15, 0.2) is 35.7 Å². The molecule has 25 heavy (non-hydrogen) atoms. The van der Waals surface area contributed by atoms with Crippen molar-refractivity contribution in [3.8, 4) is 0 Å². The largest absolute Gasteiger partial charge is 0.370 e. The lowest BCUT2D eigenvalue weighted by Gasteiger charge is -2.23. The fourth-order valence-electron chi connectivity index (χ4n) is 2.82. The molecule has 1 aromatic heterocycles. The van der Waals surface area contributed by atoms with E-state index in [1.165, 1.54) is 11.3 Å². The zero-order valence-electron chi connectivity index (χ0n) is 13.9. The van der Waals surface area contributed by atoms with Crippen molar-refractivity contribution in [2.24, 2.45) is 0 Å². The maximum Gasteiger partial charge on any atom is 0.261 e. The fraction of sp³-hybridized carbons (Fsp3) is 0.333. The third kappa shape index (κ3) is 4.32. The Bertz CT molecular complexity index is 758. The van der Waals surface area contributed by atoms with Gasteiger partial charge in [-0.25, -0.2) is 0 Å². The van der Waals surface area contributed by atoms with Crippen LogP contribution in [0.2, 0.25) is 5.02 Å². The van der Waals surface area contributed by atoms with Crippen LogP contribution >= 0.6 is 22.9 Å². The third-order valence-corrected chi connectivity index (χ3v) is 5.25. The standard InChI is InChI=1S/C18H20ClN3O2S/c1-12(20-18(24)16-5-4-10-25-16)17(23)21-14-11-13(19)6-7-15(14)22-8-2-3-9-22/h4-7,10-12H,2-3,8-9H2,1H3,(H,20,24)(H,21,23). The molecule has 5 nitrogen and oxygen atoms in total. The van der Waals surface area contributed by atoms with Crippen LogP contribution in [0.4, 0.5) is 11.4 Å². The molecule has 3 rings (SSSR count). The van der Waals surface area contributed by atoms with Crippen molar-refractivity contribution in [3.63, 3.8) is 0 Å². The zero-order valence-corrected chi connectivity index (χ0v) is 15.5. The molecule has 0 saturated carbocycles. The Morgan fingerprint density at radius 1 is 1.24 bits per heavy atom. The zero-order chi connectivity index (χ0) is 17.8. The van der Waals surface area contributed by atoms with Gasteiger partial charge in [0.1, 0.15) is 6.04 Å². The Labute approximate surface area is 156 Å². The molecule has 2 aromatic rings. The fourth-order valence-corrected chi connectivity index (χ4v) is 3.62. The highest BCUT2D eigenvalue weighted by Crippen LogP contribution is 2.31. The van der Waals surface area contributed by atoms with Gasteiger partial charge in [-0.15, -0.1) is 11.3 Å². The van der Waals surface area contributed by atoms with Gasteiger partial charge in [0.25, 0.3) is 5.91 Å². The Morgan fingerprint density at radius 2 is 2.00 bits per heavy atom. The first-order valence-electron chi connectivity index (χ1n) is 8.24. The summed E-state index contributed by atoms with van der Waals surface area (Å²) < 4.78 is 0. The van der Waals surface area contributed by atoms with Crippen LogP contribution in [0.25, 0.3) is 0 Å². The molecule has 1 saturated heterocycles. The summed E-state index contributed by atoms with van der Waals surface area (Å²) in [5, 5.41) is 8.01. The second-order valence-corrected chi connectivity index (χ2v) is 7.40. The SMILES string of the molecule is CC(NC(=O)c1cccs1)C(=O)Nc1cc(Cl)ccc1N1CCCC1. The number of anilines is 2. The predicted molar refractivity (Wildman–Crippen MR) is 103 cm³/mol. The van der Waals surface area contributed by atoms with Gasteiger partial charge in [-0.3, -0.25) is 9.59 Å². The quantitative estimate of drug-likeness (QED) is 0.834. The third-order valence-electron chi connectivity index (χ3n) is 4.15. The molecule has 2 N–H and O–H groups in total. The summed E-state index contributed by atoms with van der Waals surface area (Å²) in [4.78, 5) is 27.4. The second kappa shape index (κ2) is 7.89. The molecule has 1 atom stereocenters. The number of amides is 2. The van der Waals surface area contributed by atoms with Gasteiger partial charge in [0, 0.05) is 18.1 Å². The van der Waals surface area contributed by atoms with E-state index in [0.29, 0.717) is 15.6 Å². The first-order valence-corrected chi connectivity index (χ1v) is 9.50. The van der Waals surface area contributed by atoms with Gasteiger partial charge < -0.3 is 15.5 Å². The molecule has 2 heterocycles. The summed E-state index contributed by atoms with van der Waals surface area (Å²) in [7, 11) is 0. The molecule has 1 unspecified atom stereocenters. The maximum absolute atomic E-state index is 12.5. The van der Waals surface area contributed by atoms with Crippen LogP contribution in [0, 0.1) is 0 Å². The number of benzene rings is 1. The van der Waals surface area contributed by atoms with E-state index in [4.69, 9.17) is 11.6 Å². The molecule has 2 amide bonds. The summed E-state index contributed by atoms with van der Waals surface area (Å²) in [5.41, 5.74) is 1.64. The Morgan fingerprint density at radius 3 is 2.68 bits per heavy atom. The van der Waals surface area contributed by atoms with Crippen LogP contribution in [0.1, 0.15) is 29.4 Å². The van der Waals surface area contributed by atoms with Gasteiger partial charge in [0.15, 0.2) is 0 Å². The highest BCUT2D eigenvalue weighted by molar-refractivity contribution is 7.12. The normalized spacial score (nSPS) is 15.0. The second-order valence-electron chi connectivity index (χ2n) is 6.02. The van der Waals surface area contributed by atoms with Gasteiger partial charge in [0.05, 0.1) is 16.3 Å². The molecular formula is C18H20ClN3O2S. The molecule has 1 fully saturated rings.